The standard InChI is InChI=1S/C19H20O8/c1-18(22,7-11-8-19(2,23)17(21)25-11)13-9-24-12-5-3-10-4-6-14(20)27-15(10)16(12)26-13/h3-6,11,13,22-23H,7-9H2,1-2H3/t11-,13+,18-,19+/m1/s1. The number of ether oxygens (including phenoxy) is 3. The van der Waals surface area contributed by atoms with Gasteiger partial charge in [-0.15, -0.1) is 0 Å². The van der Waals surface area contributed by atoms with Crippen molar-refractivity contribution in [2.75, 3.05) is 6.61 Å². The van der Waals surface area contributed by atoms with Gasteiger partial charge < -0.3 is 28.8 Å². The number of carbonyl (C=O) groups is 1. The molecule has 1 saturated heterocycles. The van der Waals surface area contributed by atoms with Crippen LogP contribution in [0.15, 0.2) is 33.5 Å². The molecule has 144 valence electrons. The van der Waals surface area contributed by atoms with E-state index in [0.717, 1.165) is 0 Å². The summed E-state index contributed by atoms with van der Waals surface area (Å²) in [7, 11) is 0. The molecule has 0 aliphatic carbocycles. The molecule has 0 spiro atoms. The topological polar surface area (TPSA) is 115 Å². The summed E-state index contributed by atoms with van der Waals surface area (Å²) in [6.07, 6.45) is -1.28. The first kappa shape index (κ1) is 17.8. The van der Waals surface area contributed by atoms with Crippen LogP contribution in [-0.4, -0.2) is 46.2 Å². The third-order valence-corrected chi connectivity index (χ3v) is 5.03. The van der Waals surface area contributed by atoms with Gasteiger partial charge in [0.15, 0.2) is 23.0 Å². The van der Waals surface area contributed by atoms with Crippen molar-refractivity contribution in [3.8, 4) is 11.5 Å². The number of fused-ring (bicyclic) bond motifs is 3. The van der Waals surface area contributed by atoms with Gasteiger partial charge >= 0.3 is 11.6 Å². The van der Waals surface area contributed by atoms with Gasteiger partial charge in [0.2, 0.25) is 5.75 Å². The first-order valence-corrected chi connectivity index (χ1v) is 8.68. The molecule has 0 bridgehead atoms. The molecule has 0 amide bonds. The van der Waals surface area contributed by atoms with E-state index in [1.54, 1.807) is 25.1 Å². The van der Waals surface area contributed by atoms with E-state index < -0.39 is 35.0 Å². The number of carbonyl (C=O) groups excluding carboxylic acids is 1. The molecular formula is C19H20O8. The average Bonchev–Trinajstić information content (AvgIpc) is 2.85. The molecule has 8 nitrogen and oxygen atoms in total. The van der Waals surface area contributed by atoms with E-state index in [-0.39, 0.29) is 30.8 Å². The fraction of sp³-hybridized carbons (Fsp3) is 0.474. The van der Waals surface area contributed by atoms with Crippen LogP contribution in [0.25, 0.3) is 11.0 Å². The summed E-state index contributed by atoms with van der Waals surface area (Å²) < 4.78 is 22.0. The Labute approximate surface area is 154 Å². The number of hydrogen-bond acceptors (Lipinski definition) is 8. The number of rotatable bonds is 3. The molecule has 1 fully saturated rings. The van der Waals surface area contributed by atoms with Gasteiger partial charge in [-0.3, -0.25) is 0 Å². The molecule has 1 aromatic heterocycles. The molecule has 2 N–H and O–H groups in total. The summed E-state index contributed by atoms with van der Waals surface area (Å²) in [6.45, 7) is 3.00. The van der Waals surface area contributed by atoms with Gasteiger partial charge in [-0.05, 0) is 32.0 Å². The van der Waals surface area contributed by atoms with Crippen molar-refractivity contribution in [1.82, 2.24) is 0 Å². The van der Waals surface area contributed by atoms with Crippen LogP contribution in [-0.2, 0) is 9.53 Å². The predicted molar refractivity (Wildman–Crippen MR) is 92.8 cm³/mol. The van der Waals surface area contributed by atoms with Gasteiger partial charge in [-0.25, -0.2) is 9.59 Å². The van der Waals surface area contributed by atoms with Gasteiger partial charge in [0.05, 0.1) is 0 Å². The zero-order chi connectivity index (χ0) is 19.4. The summed E-state index contributed by atoms with van der Waals surface area (Å²) in [4.78, 5) is 23.2. The molecule has 4 rings (SSSR count). The number of hydrogen-bond donors (Lipinski definition) is 2. The zero-order valence-corrected chi connectivity index (χ0v) is 14.9. The van der Waals surface area contributed by atoms with Crippen molar-refractivity contribution >= 4 is 16.9 Å². The Balaban J connectivity index is 1.59. The minimum absolute atomic E-state index is 0.0625. The lowest BCUT2D eigenvalue weighted by molar-refractivity contribution is -0.156. The third-order valence-electron chi connectivity index (χ3n) is 5.03. The summed E-state index contributed by atoms with van der Waals surface area (Å²) in [5, 5.41) is 21.6. The lowest BCUT2D eigenvalue weighted by Crippen LogP contribution is -2.50. The minimum atomic E-state index is -1.56. The maximum atomic E-state index is 11.7. The maximum Gasteiger partial charge on any atom is 0.338 e. The highest BCUT2D eigenvalue weighted by molar-refractivity contribution is 5.85. The van der Waals surface area contributed by atoms with Crippen molar-refractivity contribution in [3.05, 3.63) is 34.7 Å². The highest BCUT2D eigenvalue weighted by atomic mass is 16.6. The fourth-order valence-corrected chi connectivity index (χ4v) is 3.52. The number of cyclic esters (lactones) is 1. The van der Waals surface area contributed by atoms with E-state index >= 15 is 0 Å². The lowest BCUT2D eigenvalue weighted by atomic mass is 9.89. The molecule has 0 unspecified atom stereocenters. The molecular weight excluding hydrogens is 356 g/mol. The van der Waals surface area contributed by atoms with Crippen LogP contribution < -0.4 is 15.1 Å². The van der Waals surface area contributed by atoms with E-state index in [1.165, 1.54) is 13.0 Å². The molecule has 2 aliphatic heterocycles. The summed E-state index contributed by atoms with van der Waals surface area (Å²) in [6, 6.07) is 6.39. The Kier molecular flexibility index (Phi) is 3.94. The monoisotopic (exact) mass is 376 g/mol. The van der Waals surface area contributed by atoms with Crippen molar-refractivity contribution in [1.29, 1.82) is 0 Å². The Bertz CT molecular complexity index is 958. The smallest absolute Gasteiger partial charge is 0.338 e. The lowest BCUT2D eigenvalue weighted by Gasteiger charge is -2.37. The summed E-state index contributed by atoms with van der Waals surface area (Å²) >= 11 is 0. The van der Waals surface area contributed by atoms with Gasteiger partial charge in [-0.2, -0.15) is 0 Å². The van der Waals surface area contributed by atoms with Crippen LogP contribution in [0.1, 0.15) is 26.7 Å². The normalized spacial score (nSPS) is 29.4. The van der Waals surface area contributed by atoms with E-state index in [4.69, 9.17) is 18.6 Å². The number of esters is 1. The molecule has 2 aliphatic rings. The molecule has 8 heteroatoms. The van der Waals surface area contributed by atoms with Crippen molar-refractivity contribution in [2.24, 2.45) is 0 Å². The molecule has 27 heavy (non-hydrogen) atoms. The van der Waals surface area contributed by atoms with E-state index in [2.05, 4.69) is 0 Å². The van der Waals surface area contributed by atoms with Gasteiger partial charge in [0, 0.05) is 24.3 Å². The van der Waals surface area contributed by atoms with Crippen molar-refractivity contribution < 1.29 is 33.6 Å². The van der Waals surface area contributed by atoms with Crippen LogP contribution >= 0.6 is 0 Å². The first-order chi connectivity index (χ1) is 12.7. The quantitative estimate of drug-likeness (QED) is 0.605. The first-order valence-electron chi connectivity index (χ1n) is 8.68. The van der Waals surface area contributed by atoms with Crippen LogP contribution in [0.3, 0.4) is 0 Å². The molecule has 4 atom stereocenters. The molecule has 1 aromatic carbocycles. The second kappa shape index (κ2) is 5.97. The van der Waals surface area contributed by atoms with Crippen LogP contribution in [0, 0.1) is 0 Å². The molecule has 2 aromatic rings. The van der Waals surface area contributed by atoms with E-state index in [9.17, 15) is 19.8 Å². The Morgan fingerprint density at radius 1 is 1.22 bits per heavy atom. The predicted octanol–water partition coefficient (Wildman–Crippen LogP) is 1.14. The SMILES string of the molecule is C[C@]1(O)C[C@@H](C[C@@](C)(O)[C@@H]2COc3ccc4ccc(=O)oc4c3O2)OC1=O. The highest BCUT2D eigenvalue weighted by Crippen LogP contribution is 2.41. The van der Waals surface area contributed by atoms with Crippen LogP contribution in [0.4, 0.5) is 0 Å². The maximum absolute atomic E-state index is 11.7. The van der Waals surface area contributed by atoms with E-state index in [0.29, 0.717) is 11.1 Å². The van der Waals surface area contributed by atoms with Crippen LogP contribution in [0.2, 0.25) is 0 Å². The molecule has 0 radical (unpaired) electrons. The zero-order valence-electron chi connectivity index (χ0n) is 14.9. The van der Waals surface area contributed by atoms with Crippen molar-refractivity contribution in [2.45, 2.75) is 50.1 Å². The van der Waals surface area contributed by atoms with Crippen LogP contribution in [0.5, 0.6) is 11.5 Å². The summed E-state index contributed by atoms with van der Waals surface area (Å²) in [5.74, 6) is -0.0431. The third kappa shape index (κ3) is 3.15. The largest absolute Gasteiger partial charge is 0.486 e. The van der Waals surface area contributed by atoms with Gasteiger partial charge in [-0.1, -0.05) is 0 Å². The summed E-state index contributed by atoms with van der Waals surface area (Å²) in [5.41, 5.74) is -3.25. The Hall–Kier alpha value is -2.58. The molecule has 3 heterocycles. The second-order valence-electron chi connectivity index (χ2n) is 7.55. The van der Waals surface area contributed by atoms with Gasteiger partial charge in [0.1, 0.15) is 18.3 Å². The van der Waals surface area contributed by atoms with Gasteiger partial charge in [0.25, 0.3) is 0 Å². The van der Waals surface area contributed by atoms with E-state index in [1.807, 2.05) is 0 Å². The minimum Gasteiger partial charge on any atom is -0.486 e. The highest BCUT2D eigenvalue weighted by Gasteiger charge is 2.48. The second-order valence-corrected chi connectivity index (χ2v) is 7.55. The number of benzene rings is 1. The Morgan fingerprint density at radius 3 is 2.67 bits per heavy atom. The average molecular weight is 376 g/mol. The fourth-order valence-electron chi connectivity index (χ4n) is 3.52. The Morgan fingerprint density at radius 2 is 1.96 bits per heavy atom. The molecule has 0 saturated carbocycles. The number of aliphatic hydroxyl groups is 2. The van der Waals surface area contributed by atoms with Crippen molar-refractivity contribution in [3.63, 3.8) is 0 Å².